The summed E-state index contributed by atoms with van der Waals surface area (Å²) in [5.74, 6) is -0.489. The van der Waals surface area contributed by atoms with E-state index in [0.29, 0.717) is 17.6 Å². The predicted octanol–water partition coefficient (Wildman–Crippen LogP) is 1.72. The second-order valence-corrected chi connectivity index (χ2v) is 5.82. The lowest BCUT2D eigenvalue weighted by Gasteiger charge is -2.26. The van der Waals surface area contributed by atoms with Gasteiger partial charge in [-0.15, -0.1) is 0 Å². The lowest BCUT2D eigenvalue weighted by Crippen LogP contribution is -2.39. The van der Waals surface area contributed by atoms with Gasteiger partial charge in [0.25, 0.3) is 5.91 Å². The van der Waals surface area contributed by atoms with E-state index in [1.54, 1.807) is 0 Å². The zero-order chi connectivity index (χ0) is 14.3. The van der Waals surface area contributed by atoms with Crippen LogP contribution >= 0.6 is 0 Å². The zero-order valence-electron chi connectivity index (χ0n) is 11.7. The second kappa shape index (κ2) is 5.05. The predicted molar refractivity (Wildman–Crippen MR) is 75.9 cm³/mol. The van der Waals surface area contributed by atoms with E-state index in [-0.39, 0.29) is 11.6 Å². The van der Waals surface area contributed by atoms with Crippen molar-refractivity contribution in [3.63, 3.8) is 0 Å². The van der Waals surface area contributed by atoms with Crippen molar-refractivity contribution in [2.45, 2.75) is 31.3 Å². The van der Waals surface area contributed by atoms with Gasteiger partial charge in [0.15, 0.2) is 0 Å². The van der Waals surface area contributed by atoms with Crippen molar-refractivity contribution in [1.82, 2.24) is 9.80 Å². The highest BCUT2D eigenvalue weighted by Crippen LogP contribution is 2.29. The van der Waals surface area contributed by atoms with E-state index >= 15 is 0 Å². The van der Waals surface area contributed by atoms with Crippen LogP contribution in [-0.4, -0.2) is 47.9 Å². The number of hydrogen-bond acceptors (Lipinski definition) is 3. The number of anilines is 1. The number of halogens is 1. The number of nitrogens with two attached hydrogens (primary N) is 1. The Bertz CT molecular complexity index is 534. The van der Waals surface area contributed by atoms with Gasteiger partial charge in [-0.1, -0.05) is 0 Å². The van der Waals surface area contributed by atoms with E-state index in [4.69, 9.17) is 5.73 Å². The average Bonchev–Trinajstić information content (AvgIpc) is 2.62. The summed E-state index contributed by atoms with van der Waals surface area (Å²) in [6, 6.07) is 5.01. The number of carbonyl (C=O) groups is 1. The maximum atomic E-state index is 13.1. The molecule has 20 heavy (non-hydrogen) atoms. The molecular formula is C15H20FN3O. The van der Waals surface area contributed by atoms with Gasteiger partial charge in [0.1, 0.15) is 5.82 Å². The fourth-order valence-electron chi connectivity index (χ4n) is 3.39. The number of nitrogen functional groups attached to an aromatic ring is 1. The standard InChI is InChI=1S/C15H20FN3O/c1-18-11-3-4-12(18)9-19(7-6-11)15(20)13-5-2-10(16)8-14(13)17/h2,5,8,11-12H,3-4,6-7,9,17H2,1H3. The smallest absolute Gasteiger partial charge is 0.256 e. The van der Waals surface area contributed by atoms with Crippen LogP contribution in [0.25, 0.3) is 0 Å². The highest BCUT2D eigenvalue weighted by atomic mass is 19.1. The first-order valence-electron chi connectivity index (χ1n) is 7.12. The lowest BCUT2D eigenvalue weighted by molar-refractivity contribution is 0.0741. The van der Waals surface area contributed by atoms with Crippen LogP contribution in [0, 0.1) is 5.82 Å². The van der Waals surface area contributed by atoms with Crippen molar-refractivity contribution in [2.24, 2.45) is 0 Å². The highest BCUT2D eigenvalue weighted by molar-refractivity contribution is 5.99. The number of benzene rings is 1. The minimum Gasteiger partial charge on any atom is -0.398 e. The summed E-state index contributed by atoms with van der Waals surface area (Å²) in [7, 11) is 2.14. The van der Waals surface area contributed by atoms with E-state index in [1.165, 1.54) is 24.6 Å². The first kappa shape index (κ1) is 13.4. The molecule has 2 fully saturated rings. The Balaban J connectivity index is 1.80. The number of hydrogen-bond donors (Lipinski definition) is 1. The molecule has 2 heterocycles. The zero-order valence-corrected chi connectivity index (χ0v) is 11.7. The third kappa shape index (κ3) is 2.26. The average molecular weight is 277 g/mol. The topological polar surface area (TPSA) is 49.6 Å². The third-order valence-corrected chi connectivity index (χ3v) is 4.68. The third-order valence-electron chi connectivity index (χ3n) is 4.68. The van der Waals surface area contributed by atoms with Crippen molar-refractivity contribution in [3.8, 4) is 0 Å². The Labute approximate surface area is 118 Å². The number of amides is 1. The molecule has 2 N–H and O–H groups in total. The summed E-state index contributed by atoms with van der Waals surface area (Å²) in [4.78, 5) is 16.8. The van der Waals surface area contributed by atoms with Crippen LogP contribution in [-0.2, 0) is 0 Å². The van der Waals surface area contributed by atoms with Crippen LogP contribution in [0.15, 0.2) is 18.2 Å². The van der Waals surface area contributed by atoms with Gasteiger partial charge in [-0.3, -0.25) is 9.69 Å². The summed E-state index contributed by atoms with van der Waals surface area (Å²) in [5.41, 5.74) is 6.40. The molecule has 2 saturated heterocycles. The number of likely N-dealkylation sites (tertiary alicyclic amines) is 1. The normalized spacial score (nSPS) is 26.6. The monoisotopic (exact) mass is 277 g/mol. The highest BCUT2D eigenvalue weighted by Gasteiger charge is 2.36. The fourth-order valence-corrected chi connectivity index (χ4v) is 3.39. The molecule has 1 amide bonds. The molecule has 0 aromatic heterocycles. The van der Waals surface area contributed by atoms with Crippen molar-refractivity contribution in [3.05, 3.63) is 29.6 Å². The minimum atomic E-state index is -0.409. The maximum Gasteiger partial charge on any atom is 0.256 e. The van der Waals surface area contributed by atoms with Crippen LogP contribution in [0.2, 0.25) is 0 Å². The van der Waals surface area contributed by atoms with Crippen LogP contribution < -0.4 is 5.73 Å². The molecule has 1 aromatic rings. The molecule has 108 valence electrons. The molecular weight excluding hydrogens is 257 g/mol. The van der Waals surface area contributed by atoms with Gasteiger partial charge in [0.05, 0.1) is 5.56 Å². The Hall–Kier alpha value is -1.62. The number of carbonyl (C=O) groups excluding carboxylic acids is 1. The van der Waals surface area contributed by atoms with Gasteiger partial charge in [0, 0.05) is 30.9 Å². The van der Waals surface area contributed by atoms with Crippen molar-refractivity contribution in [2.75, 3.05) is 25.9 Å². The Morgan fingerprint density at radius 2 is 2.05 bits per heavy atom. The SMILES string of the molecule is CN1C2CCC1CN(C(=O)c1ccc(F)cc1N)CC2. The first-order valence-corrected chi connectivity index (χ1v) is 7.12. The fraction of sp³-hybridized carbons (Fsp3) is 0.533. The molecule has 2 bridgehead atoms. The van der Waals surface area contributed by atoms with E-state index in [2.05, 4.69) is 11.9 Å². The number of likely N-dealkylation sites (N-methyl/N-ethyl adjacent to an activating group) is 1. The van der Waals surface area contributed by atoms with Gasteiger partial charge < -0.3 is 10.6 Å². The molecule has 4 nitrogen and oxygen atoms in total. The summed E-state index contributed by atoms with van der Waals surface area (Å²) < 4.78 is 13.1. The molecule has 0 aliphatic carbocycles. The van der Waals surface area contributed by atoms with Crippen molar-refractivity contribution < 1.29 is 9.18 Å². The number of fused-ring (bicyclic) bond motifs is 2. The van der Waals surface area contributed by atoms with Gasteiger partial charge >= 0.3 is 0 Å². The minimum absolute atomic E-state index is 0.0801. The molecule has 2 aliphatic heterocycles. The van der Waals surface area contributed by atoms with Crippen molar-refractivity contribution >= 4 is 11.6 Å². The second-order valence-electron chi connectivity index (χ2n) is 5.82. The molecule has 0 saturated carbocycles. The summed E-state index contributed by atoms with van der Waals surface area (Å²) in [6.07, 6.45) is 3.37. The largest absolute Gasteiger partial charge is 0.398 e. The van der Waals surface area contributed by atoms with Crippen LogP contribution in [0.5, 0.6) is 0 Å². The summed E-state index contributed by atoms with van der Waals surface area (Å²) in [6.45, 7) is 1.49. The molecule has 1 aromatic carbocycles. The summed E-state index contributed by atoms with van der Waals surface area (Å²) in [5, 5.41) is 0. The van der Waals surface area contributed by atoms with E-state index in [9.17, 15) is 9.18 Å². The number of nitrogens with zero attached hydrogens (tertiary/aromatic N) is 2. The van der Waals surface area contributed by atoms with Crippen LogP contribution in [0.1, 0.15) is 29.6 Å². The molecule has 0 radical (unpaired) electrons. The Kier molecular flexibility index (Phi) is 3.38. The Morgan fingerprint density at radius 3 is 2.80 bits per heavy atom. The molecule has 2 aliphatic rings. The quantitative estimate of drug-likeness (QED) is 0.795. The maximum absolute atomic E-state index is 13.1. The van der Waals surface area contributed by atoms with Gasteiger partial charge in [-0.2, -0.15) is 0 Å². The van der Waals surface area contributed by atoms with Gasteiger partial charge in [0.2, 0.25) is 0 Å². The van der Waals surface area contributed by atoms with E-state index < -0.39 is 5.82 Å². The molecule has 2 atom stereocenters. The summed E-state index contributed by atoms with van der Waals surface area (Å²) >= 11 is 0. The first-order chi connectivity index (χ1) is 9.56. The van der Waals surface area contributed by atoms with Crippen LogP contribution in [0.4, 0.5) is 10.1 Å². The van der Waals surface area contributed by atoms with E-state index in [1.807, 2.05) is 4.90 Å². The van der Waals surface area contributed by atoms with Crippen molar-refractivity contribution in [1.29, 1.82) is 0 Å². The van der Waals surface area contributed by atoms with Crippen LogP contribution in [0.3, 0.4) is 0 Å². The molecule has 5 heteroatoms. The van der Waals surface area contributed by atoms with E-state index in [0.717, 1.165) is 25.9 Å². The lowest BCUT2D eigenvalue weighted by atomic mass is 10.1. The van der Waals surface area contributed by atoms with Gasteiger partial charge in [-0.05, 0) is 44.5 Å². The van der Waals surface area contributed by atoms with Gasteiger partial charge in [-0.25, -0.2) is 4.39 Å². The molecule has 0 spiro atoms. The number of rotatable bonds is 1. The molecule has 3 rings (SSSR count). The Morgan fingerprint density at radius 1 is 1.30 bits per heavy atom. The molecule has 2 unspecified atom stereocenters.